The average Bonchev–Trinajstić information content (AvgIpc) is 2.48. The summed E-state index contributed by atoms with van der Waals surface area (Å²) >= 11 is 0. The molecule has 0 aliphatic carbocycles. The monoisotopic (exact) mass is 286 g/mol. The van der Waals surface area contributed by atoms with E-state index in [-0.39, 0.29) is 5.56 Å². The summed E-state index contributed by atoms with van der Waals surface area (Å²) in [5, 5.41) is 12.3. The number of methoxy groups -OCH3 is 1. The minimum Gasteiger partial charge on any atom is -0.497 e. The van der Waals surface area contributed by atoms with Crippen molar-refractivity contribution in [2.45, 2.75) is 13.5 Å². The minimum atomic E-state index is -1.03. The van der Waals surface area contributed by atoms with Crippen molar-refractivity contribution in [2.75, 3.05) is 18.2 Å². The zero-order valence-corrected chi connectivity index (χ0v) is 12.0. The largest absolute Gasteiger partial charge is 0.497 e. The van der Waals surface area contributed by atoms with Crippen molar-refractivity contribution in [3.63, 3.8) is 0 Å². The minimum absolute atomic E-state index is 0.114. The first-order chi connectivity index (χ1) is 10.0. The van der Waals surface area contributed by atoms with E-state index in [1.807, 2.05) is 30.3 Å². The lowest BCUT2D eigenvalue weighted by molar-refractivity contribution is 0.0698. The zero-order valence-electron chi connectivity index (χ0n) is 12.0. The summed E-state index contributed by atoms with van der Waals surface area (Å²) in [5.74, 6) is -0.241. The van der Waals surface area contributed by atoms with Crippen molar-refractivity contribution < 1.29 is 14.6 Å². The fourth-order valence-corrected chi connectivity index (χ4v) is 2.06. The van der Waals surface area contributed by atoms with Gasteiger partial charge in [-0.05, 0) is 42.3 Å². The Morgan fingerprint density at radius 3 is 2.76 bits per heavy atom. The number of anilines is 2. The predicted octanol–water partition coefficient (Wildman–Crippen LogP) is 2.90. The predicted molar refractivity (Wildman–Crippen MR) is 82.9 cm³/mol. The van der Waals surface area contributed by atoms with E-state index in [1.54, 1.807) is 20.1 Å². The van der Waals surface area contributed by atoms with Crippen LogP contribution in [-0.4, -0.2) is 18.2 Å². The number of benzene rings is 2. The van der Waals surface area contributed by atoms with Gasteiger partial charge in [-0.25, -0.2) is 4.79 Å². The summed E-state index contributed by atoms with van der Waals surface area (Å²) in [7, 11) is 1.62. The van der Waals surface area contributed by atoms with Crippen LogP contribution in [-0.2, 0) is 6.54 Å². The molecule has 2 rings (SSSR count). The molecule has 0 saturated carbocycles. The number of aryl methyl sites for hydroxylation is 1. The lowest BCUT2D eigenvalue weighted by Crippen LogP contribution is -2.07. The third-order valence-electron chi connectivity index (χ3n) is 3.25. The molecule has 0 radical (unpaired) electrons. The van der Waals surface area contributed by atoms with Crippen molar-refractivity contribution in [1.82, 2.24) is 0 Å². The number of hydrogen-bond acceptors (Lipinski definition) is 4. The molecule has 110 valence electrons. The molecule has 5 heteroatoms. The molecule has 0 atom stereocenters. The van der Waals surface area contributed by atoms with Crippen LogP contribution in [0.15, 0.2) is 36.4 Å². The van der Waals surface area contributed by atoms with Gasteiger partial charge in [0.1, 0.15) is 5.75 Å². The van der Waals surface area contributed by atoms with Gasteiger partial charge in [0.2, 0.25) is 0 Å². The molecule has 0 aromatic heterocycles. The number of hydrogen-bond donors (Lipinski definition) is 3. The Balaban J connectivity index is 2.18. The van der Waals surface area contributed by atoms with Crippen molar-refractivity contribution in [2.24, 2.45) is 0 Å². The summed E-state index contributed by atoms with van der Waals surface area (Å²) in [6, 6.07) is 11.1. The number of carboxylic acid groups (broad SMARTS) is 1. The topological polar surface area (TPSA) is 84.6 Å². The smallest absolute Gasteiger partial charge is 0.337 e. The fraction of sp³-hybridized carbons (Fsp3) is 0.188. The van der Waals surface area contributed by atoms with Gasteiger partial charge in [0.25, 0.3) is 0 Å². The maximum atomic E-state index is 11.2. The SMILES string of the molecule is COc1cccc(CNc2cc(C)c(N)c(C(=O)O)c2)c1. The molecule has 21 heavy (non-hydrogen) atoms. The highest BCUT2D eigenvalue weighted by molar-refractivity contribution is 5.95. The third kappa shape index (κ3) is 3.45. The molecular weight excluding hydrogens is 268 g/mol. The summed E-state index contributed by atoms with van der Waals surface area (Å²) < 4.78 is 5.17. The molecule has 0 aliphatic heterocycles. The number of ether oxygens (including phenoxy) is 1. The first-order valence-electron chi connectivity index (χ1n) is 6.51. The van der Waals surface area contributed by atoms with E-state index < -0.39 is 5.97 Å². The van der Waals surface area contributed by atoms with Crippen LogP contribution >= 0.6 is 0 Å². The highest BCUT2D eigenvalue weighted by Crippen LogP contribution is 2.23. The van der Waals surface area contributed by atoms with Gasteiger partial charge < -0.3 is 20.9 Å². The number of nitrogen functional groups attached to an aromatic ring is 1. The normalized spacial score (nSPS) is 10.2. The third-order valence-corrected chi connectivity index (χ3v) is 3.25. The van der Waals surface area contributed by atoms with Crippen LogP contribution in [0.25, 0.3) is 0 Å². The van der Waals surface area contributed by atoms with Gasteiger partial charge in [0.15, 0.2) is 0 Å². The Hall–Kier alpha value is -2.69. The van der Waals surface area contributed by atoms with Crippen molar-refractivity contribution in [3.05, 3.63) is 53.1 Å². The van der Waals surface area contributed by atoms with E-state index in [9.17, 15) is 4.79 Å². The highest BCUT2D eigenvalue weighted by Gasteiger charge is 2.11. The molecule has 0 unspecified atom stereocenters. The van der Waals surface area contributed by atoms with E-state index in [0.717, 1.165) is 22.6 Å². The Kier molecular flexibility index (Phi) is 4.33. The molecule has 0 amide bonds. The van der Waals surface area contributed by atoms with Gasteiger partial charge in [-0.15, -0.1) is 0 Å². The van der Waals surface area contributed by atoms with Crippen LogP contribution in [0.2, 0.25) is 0 Å². The standard InChI is InChI=1S/C16H18N2O3/c1-10-6-12(8-14(15(10)17)16(19)20)18-9-11-4-3-5-13(7-11)21-2/h3-8,18H,9,17H2,1-2H3,(H,19,20). The summed E-state index contributed by atoms with van der Waals surface area (Å²) in [4.78, 5) is 11.2. The second-order valence-electron chi connectivity index (χ2n) is 4.76. The highest BCUT2D eigenvalue weighted by atomic mass is 16.5. The van der Waals surface area contributed by atoms with Gasteiger partial charge >= 0.3 is 5.97 Å². The number of nitrogens with one attached hydrogen (secondary N) is 1. The Morgan fingerprint density at radius 1 is 1.33 bits per heavy atom. The molecule has 0 fully saturated rings. The molecule has 4 N–H and O–H groups in total. The van der Waals surface area contributed by atoms with E-state index >= 15 is 0 Å². The molecule has 2 aromatic carbocycles. The number of nitrogens with two attached hydrogens (primary N) is 1. The first kappa shape index (κ1) is 14.7. The van der Waals surface area contributed by atoms with Gasteiger partial charge in [0, 0.05) is 17.9 Å². The maximum Gasteiger partial charge on any atom is 0.337 e. The van der Waals surface area contributed by atoms with Crippen LogP contribution in [0.3, 0.4) is 0 Å². The second kappa shape index (κ2) is 6.17. The van der Waals surface area contributed by atoms with Crippen molar-refractivity contribution >= 4 is 17.3 Å². The number of aromatic carboxylic acids is 1. The molecular formula is C16H18N2O3. The Labute approximate surface area is 123 Å². The van der Waals surface area contributed by atoms with Gasteiger partial charge in [-0.1, -0.05) is 12.1 Å². The van der Waals surface area contributed by atoms with Crippen molar-refractivity contribution in [1.29, 1.82) is 0 Å². The van der Waals surface area contributed by atoms with E-state index in [1.165, 1.54) is 0 Å². The zero-order chi connectivity index (χ0) is 15.4. The molecule has 5 nitrogen and oxygen atoms in total. The average molecular weight is 286 g/mol. The molecule has 0 bridgehead atoms. The van der Waals surface area contributed by atoms with E-state index in [0.29, 0.717) is 12.2 Å². The van der Waals surface area contributed by atoms with E-state index in [4.69, 9.17) is 15.6 Å². The molecule has 0 heterocycles. The maximum absolute atomic E-state index is 11.2. The molecule has 2 aromatic rings. The van der Waals surface area contributed by atoms with Crippen LogP contribution < -0.4 is 15.8 Å². The fourth-order valence-electron chi connectivity index (χ4n) is 2.06. The van der Waals surface area contributed by atoms with E-state index in [2.05, 4.69) is 5.32 Å². The summed E-state index contributed by atoms with van der Waals surface area (Å²) in [6.45, 7) is 2.36. The quantitative estimate of drug-likeness (QED) is 0.736. The van der Waals surface area contributed by atoms with Gasteiger partial charge in [-0.2, -0.15) is 0 Å². The number of carboxylic acids is 1. The van der Waals surface area contributed by atoms with Crippen LogP contribution in [0.5, 0.6) is 5.75 Å². The second-order valence-corrected chi connectivity index (χ2v) is 4.76. The Morgan fingerprint density at radius 2 is 2.10 bits per heavy atom. The molecule has 0 saturated heterocycles. The number of carbonyl (C=O) groups is 1. The Bertz CT molecular complexity index is 669. The van der Waals surface area contributed by atoms with Crippen LogP contribution in [0.1, 0.15) is 21.5 Å². The molecule has 0 spiro atoms. The lowest BCUT2D eigenvalue weighted by atomic mass is 10.1. The first-order valence-corrected chi connectivity index (χ1v) is 6.51. The molecule has 0 aliphatic rings. The van der Waals surface area contributed by atoms with Crippen LogP contribution in [0.4, 0.5) is 11.4 Å². The van der Waals surface area contributed by atoms with Gasteiger partial charge in [-0.3, -0.25) is 0 Å². The summed E-state index contributed by atoms with van der Waals surface area (Å²) in [5.41, 5.74) is 8.69. The lowest BCUT2D eigenvalue weighted by Gasteiger charge is -2.12. The number of rotatable bonds is 5. The van der Waals surface area contributed by atoms with Crippen LogP contribution in [0, 0.1) is 6.92 Å². The van der Waals surface area contributed by atoms with Gasteiger partial charge in [0.05, 0.1) is 12.7 Å². The van der Waals surface area contributed by atoms with Crippen molar-refractivity contribution in [3.8, 4) is 5.75 Å². The summed E-state index contributed by atoms with van der Waals surface area (Å²) in [6.07, 6.45) is 0.